The molecule has 110 valence electrons. The Balaban J connectivity index is 1.94. The first-order chi connectivity index (χ1) is 9.61. The SMILES string of the molecule is CC(C)N1CCN(C(=O)c2ccc(CCN)cc2)CC1. The predicted molar refractivity (Wildman–Crippen MR) is 81.8 cm³/mol. The number of hydrogen-bond acceptors (Lipinski definition) is 3. The van der Waals surface area contributed by atoms with Gasteiger partial charge in [-0.3, -0.25) is 9.69 Å². The van der Waals surface area contributed by atoms with Gasteiger partial charge in [0.1, 0.15) is 0 Å². The zero-order valence-electron chi connectivity index (χ0n) is 12.5. The highest BCUT2D eigenvalue weighted by Crippen LogP contribution is 2.12. The van der Waals surface area contributed by atoms with Gasteiger partial charge in [0.2, 0.25) is 0 Å². The van der Waals surface area contributed by atoms with Crippen molar-refractivity contribution in [2.24, 2.45) is 5.73 Å². The van der Waals surface area contributed by atoms with Gasteiger partial charge in [0, 0.05) is 37.8 Å². The van der Waals surface area contributed by atoms with E-state index in [4.69, 9.17) is 5.73 Å². The van der Waals surface area contributed by atoms with Crippen molar-refractivity contribution >= 4 is 5.91 Å². The summed E-state index contributed by atoms with van der Waals surface area (Å²) in [6.45, 7) is 8.62. The molecule has 1 aliphatic heterocycles. The van der Waals surface area contributed by atoms with Crippen molar-refractivity contribution in [3.8, 4) is 0 Å². The van der Waals surface area contributed by atoms with Crippen LogP contribution in [0.5, 0.6) is 0 Å². The van der Waals surface area contributed by atoms with Crippen LogP contribution < -0.4 is 5.73 Å². The molecular weight excluding hydrogens is 250 g/mol. The maximum Gasteiger partial charge on any atom is 0.253 e. The molecule has 0 atom stereocenters. The molecule has 4 heteroatoms. The summed E-state index contributed by atoms with van der Waals surface area (Å²) < 4.78 is 0. The van der Waals surface area contributed by atoms with Crippen LogP contribution in [0.25, 0.3) is 0 Å². The average molecular weight is 275 g/mol. The average Bonchev–Trinajstić information content (AvgIpc) is 2.48. The van der Waals surface area contributed by atoms with Gasteiger partial charge in [-0.25, -0.2) is 0 Å². The van der Waals surface area contributed by atoms with E-state index in [1.807, 2.05) is 29.2 Å². The third-order valence-electron chi connectivity index (χ3n) is 3.97. The molecular formula is C16H25N3O. The minimum absolute atomic E-state index is 0.146. The fraction of sp³-hybridized carbons (Fsp3) is 0.562. The van der Waals surface area contributed by atoms with E-state index >= 15 is 0 Å². The van der Waals surface area contributed by atoms with Gasteiger partial charge >= 0.3 is 0 Å². The minimum atomic E-state index is 0.146. The van der Waals surface area contributed by atoms with Gasteiger partial charge in [-0.15, -0.1) is 0 Å². The highest BCUT2D eigenvalue weighted by molar-refractivity contribution is 5.94. The Morgan fingerprint density at radius 1 is 1.15 bits per heavy atom. The largest absolute Gasteiger partial charge is 0.336 e. The van der Waals surface area contributed by atoms with Crippen LogP contribution in [0.4, 0.5) is 0 Å². The van der Waals surface area contributed by atoms with E-state index in [0.717, 1.165) is 38.2 Å². The van der Waals surface area contributed by atoms with Crippen LogP contribution in [-0.2, 0) is 6.42 Å². The Morgan fingerprint density at radius 2 is 1.75 bits per heavy atom. The molecule has 1 aliphatic rings. The number of benzene rings is 1. The molecule has 0 unspecified atom stereocenters. The first-order valence-electron chi connectivity index (χ1n) is 7.44. The van der Waals surface area contributed by atoms with Gasteiger partial charge in [-0.2, -0.15) is 0 Å². The monoisotopic (exact) mass is 275 g/mol. The lowest BCUT2D eigenvalue weighted by Crippen LogP contribution is -2.50. The van der Waals surface area contributed by atoms with E-state index in [0.29, 0.717) is 12.6 Å². The normalized spacial score (nSPS) is 16.7. The molecule has 0 spiro atoms. The van der Waals surface area contributed by atoms with Gasteiger partial charge in [0.05, 0.1) is 0 Å². The number of nitrogens with two attached hydrogens (primary N) is 1. The van der Waals surface area contributed by atoms with Crippen LogP contribution in [0.15, 0.2) is 24.3 Å². The highest BCUT2D eigenvalue weighted by Gasteiger charge is 2.23. The summed E-state index contributed by atoms with van der Waals surface area (Å²) in [5.74, 6) is 0.146. The van der Waals surface area contributed by atoms with Gasteiger partial charge in [0.15, 0.2) is 0 Å². The zero-order chi connectivity index (χ0) is 14.5. The van der Waals surface area contributed by atoms with Crippen LogP contribution in [0, 0.1) is 0 Å². The first-order valence-corrected chi connectivity index (χ1v) is 7.44. The number of carbonyl (C=O) groups excluding carboxylic acids is 1. The standard InChI is InChI=1S/C16H25N3O/c1-13(2)18-9-11-19(12-10-18)16(20)15-5-3-14(4-6-15)7-8-17/h3-6,13H,7-12,17H2,1-2H3. The second-order valence-corrected chi connectivity index (χ2v) is 5.66. The molecule has 1 heterocycles. The molecule has 2 rings (SSSR count). The molecule has 0 aliphatic carbocycles. The summed E-state index contributed by atoms with van der Waals surface area (Å²) in [6.07, 6.45) is 0.863. The molecule has 1 amide bonds. The van der Waals surface area contributed by atoms with Crippen molar-refractivity contribution in [1.82, 2.24) is 9.80 Å². The number of nitrogens with zero attached hydrogens (tertiary/aromatic N) is 2. The van der Waals surface area contributed by atoms with Gasteiger partial charge < -0.3 is 10.6 Å². The van der Waals surface area contributed by atoms with Crippen molar-refractivity contribution in [1.29, 1.82) is 0 Å². The molecule has 1 fully saturated rings. The second kappa shape index (κ2) is 6.86. The smallest absolute Gasteiger partial charge is 0.253 e. The summed E-state index contributed by atoms with van der Waals surface area (Å²) in [6, 6.07) is 8.40. The topological polar surface area (TPSA) is 49.6 Å². The lowest BCUT2D eigenvalue weighted by molar-refractivity contribution is 0.0595. The van der Waals surface area contributed by atoms with Crippen LogP contribution in [0.3, 0.4) is 0 Å². The maximum atomic E-state index is 12.4. The van der Waals surface area contributed by atoms with E-state index < -0.39 is 0 Å². The Hall–Kier alpha value is -1.39. The van der Waals surface area contributed by atoms with Crippen molar-refractivity contribution in [3.05, 3.63) is 35.4 Å². The van der Waals surface area contributed by atoms with Crippen LogP contribution >= 0.6 is 0 Å². The molecule has 1 aromatic carbocycles. The molecule has 1 aromatic rings. The quantitative estimate of drug-likeness (QED) is 0.902. The third kappa shape index (κ3) is 3.58. The molecule has 0 saturated carbocycles. The van der Waals surface area contributed by atoms with Gasteiger partial charge in [-0.05, 0) is 44.5 Å². The van der Waals surface area contributed by atoms with E-state index in [-0.39, 0.29) is 5.91 Å². The molecule has 1 saturated heterocycles. The number of hydrogen-bond donors (Lipinski definition) is 1. The van der Waals surface area contributed by atoms with Crippen LogP contribution in [0.2, 0.25) is 0 Å². The Morgan fingerprint density at radius 3 is 2.25 bits per heavy atom. The molecule has 2 N–H and O–H groups in total. The van der Waals surface area contributed by atoms with Gasteiger partial charge in [-0.1, -0.05) is 12.1 Å². The fourth-order valence-electron chi connectivity index (χ4n) is 2.60. The summed E-state index contributed by atoms with van der Waals surface area (Å²) >= 11 is 0. The van der Waals surface area contributed by atoms with Crippen LogP contribution in [-0.4, -0.2) is 54.5 Å². The van der Waals surface area contributed by atoms with E-state index in [9.17, 15) is 4.79 Å². The molecule has 4 nitrogen and oxygen atoms in total. The summed E-state index contributed by atoms with van der Waals surface area (Å²) in [5, 5.41) is 0. The Kier molecular flexibility index (Phi) is 5.15. The van der Waals surface area contributed by atoms with Crippen LogP contribution in [0.1, 0.15) is 29.8 Å². The Bertz CT molecular complexity index is 434. The summed E-state index contributed by atoms with van der Waals surface area (Å²) in [5.41, 5.74) is 7.50. The zero-order valence-corrected chi connectivity index (χ0v) is 12.5. The molecule has 20 heavy (non-hydrogen) atoms. The number of piperazine rings is 1. The maximum absolute atomic E-state index is 12.4. The lowest BCUT2D eigenvalue weighted by Gasteiger charge is -2.37. The Labute approximate surface area is 121 Å². The predicted octanol–water partition coefficient (Wildman–Crippen LogP) is 1.35. The summed E-state index contributed by atoms with van der Waals surface area (Å²) in [4.78, 5) is 16.8. The van der Waals surface area contributed by atoms with E-state index in [1.165, 1.54) is 5.56 Å². The molecule has 0 radical (unpaired) electrons. The van der Waals surface area contributed by atoms with E-state index in [2.05, 4.69) is 18.7 Å². The first kappa shape index (κ1) is 15.0. The molecule has 0 aromatic heterocycles. The van der Waals surface area contributed by atoms with Gasteiger partial charge in [0.25, 0.3) is 5.91 Å². The number of amides is 1. The van der Waals surface area contributed by atoms with Crippen molar-refractivity contribution < 1.29 is 4.79 Å². The third-order valence-corrected chi connectivity index (χ3v) is 3.97. The van der Waals surface area contributed by atoms with Crippen molar-refractivity contribution in [3.63, 3.8) is 0 Å². The minimum Gasteiger partial charge on any atom is -0.336 e. The second-order valence-electron chi connectivity index (χ2n) is 5.66. The fourth-order valence-corrected chi connectivity index (χ4v) is 2.60. The number of rotatable bonds is 4. The summed E-state index contributed by atoms with van der Waals surface area (Å²) in [7, 11) is 0. The number of carbonyl (C=O) groups is 1. The van der Waals surface area contributed by atoms with E-state index in [1.54, 1.807) is 0 Å². The van der Waals surface area contributed by atoms with Crippen molar-refractivity contribution in [2.75, 3.05) is 32.7 Å². The highest BCUT2D eigenvalue weighted by atomic mass is 16.2. The molecule has 0 bridgehead atoms. The lowest BCUT2D eigenvalue weighted by atomic mass is 10.1. The van der Waals surface area contributed by atoms with Crippen molar-refractivity contribution in [2.45, 2.75) is 26.3 Å².